The number of H-pyrrole nitrogens is 1. The van der Waals surface area contributed by atoms with Crippen molar-refractivity contribution in [2.24, 2.45) is 0 Å². The highest BCUT2D eigenvalue weighted by atomic mass is 32.7. The predicted octanol–water partition coefficient (Wildman–Crippen LogP) is 4.29. The number of rotatable bonds is 17. The first kappa shape index (κ1) is 44.2. The molecule has 2 aliphatic rings. The van der Waals surface area contributed by atoms with Gasteiger partial charge in [-0.15, -0.1) is 0 Å². The number of nitrogens with zero attached hydrogens (tertiary/aromatic N) is 5. The van der Waals surface area contributed by atoms with Gasteiger partial charge in [-0.3, -0.25) is 41.8 Å². The number of halogens is 2. The maximum absolute atomic E-state index is 16.5. The molecule has 0 bridgehead atoms. The first-order valence-corrected chi connectivity index (χ1v) is 22.8. The van der Waals surface area contributed by atoms with Crippen LogP contribution in [-0.2, 0) is 42.5 Å². The first-order valence-electron chi connectivity index (χ1n) is 18.1. The van der Waals surface area contributed by atoms with Crippen molar-refractivity contribution in [1.29, 1.82) is 0 Å². The summed E-state index contributed by atoms with van der Waals surface area (Å²) in [6, 6.07) is 13.9. The number of alkyl halides is 2. The Bertz CT molecular complexity index is 2570. The van der Waals surface area contributed by atoms with E-state index in [0.717, 1.165) is 19.4 Å². The number of benzene rings is 2. The monoisotopic (exact) mass is 910 g/mol. The van der Waals surface area contributed by atoms with E-state index < -0.39 is 82.2 Å². The lowest BCUT2D eigenvalue weighted by molar-refractivity contribution is -0.0491. The fourth-order valence-corrected chi connectivity index (χ4v) is 10.2. The molecule has 0 aliphatic carbocycles. The quantitative estimate of drug-likeness (QED) is 0.0948. The van der Waals surface area contributed by atoms with Gasteiger partial charge in [-0.2, -0.15) is 0 Å². The Morgan fingerprint density at radius 3 is 2.46 bits per heavy atom. The van der Waals surface area contributed by atoms with Gasteiger partial charge in [0.25, 0.3) is 11.5 Å². The molecule has 2 fully saturated rings. The summed E-state index contributed by atoms with van der Waals surface area (Å²) < 4.78 is 99.0. The molecule has 9 atom stereocenters. The number of phosphoric acid groups is 1. The number of imidazole rings is 1. The predicted molar refractivity (Wildman–Crippen MR) is 213 cm³/mol. The lowest BCUT2D eigenvalue weighted by atomic mass is 10.1. The Hall–Kier alpha value is -4.87. The molecule has 5 heterocycles. The van der Waals surface area contributed by atoms with E-state index in [4.69, 9.17) is 33.5 Å². The molecule has 0 radical (unpaired) electrons. The molecule has 0 spiro atoms. The summed E-state index contributed by atoms with van der Waals surface area (Å²) in [7, 11) is -2.28. The highest BCUT2D eigenvalue weighted by molar-refractivity contribution is 8.54. The van der Waals surface area contributed by atoms with Crippen LogP contribution in [0, 0.1) is 0 Å². The van der Waals surface area contributed by atoms with Gasteiger partial charge in [-0.25, -0.2) is 37.7 Å². The van der Waals surface area contributed by atoms with Crippen molar-refractivity contribution < 1.29 is 59.9 Å². The van der Waals surface area contributed by atoms with Gasteiger partial charge in [-0.1, -0.05) is 12.1 Å². The normalized spacial score (nSPS) is 24.6. The largest absolute Gasteiger partial charge is 0.497 e. The standard InChI is InChI=1S/C35H38F2N8O13P2S/c1-52-22-9-5-20(6-10-22)32(47)42-21-7-3-19(4-8-21)16-61-60(51,55-14-23-13-24(36)33(56-23)45-18-41-28-30(38)39-17-40-31(28)45)58-29-25(15-54-59(49,50)53-2)57-34(27(29)37)44-12-11-26(46)43-35(44)48/h3-12,17-18,23-25,27,29,33-34H,13-16H2,1-2H3,(H,42,47)(H,49,50)(H2,38,39,40)(H,43,46,48)/t23-,24+,25+,27+,29+,33+,34+,60?/m0/s1. The van der Waals surface area contributed by atoms with E-state index in [1.807, 2.05) is 4.98 Å². The Kier molecular flexibility index (Phi) is 13.5. The third-order valence-corrected chi connectivity index (χ3v) is 14.0. The number of nitrogens with two attached hydrogens (primary N) is 1. The van der Waals surface area contributed by atoms with E-state index in [9.17, 15) is 28.4 Å². The molecule has 2 aliphatic heterocycles. The molecular formula is C35H38F2N8O13P2S. The van der Waals surface area contributed by atoms with E-state index in [0.29, 0.717) is 38.5 Å². The van der Waals surface area contributed by atoms with Crippen molar-refractivity contribution >= 4 is 54.6 Å². The van der Waals surface area contributed by atoms with Crippen LogP contribution < -0.4 is 27.0 Å². The van der Waals surface area contributed by atoms with Crippen LogP contribution in [0.15, 0.2) is 83.0 Å². The number of aromatic nitrogens is 6. The molecule has 61 heavy (non-hydrogen) atoms. The summed E-state index contributed by atoms with van der Waals surface area (Å²) in [5.74, 6) is 0.181. The Labute approximate surface area is 347 Å². The maximum atomic E-state index is 16.5. The van der Waals surface area contributed by atoms with Crippen molar-refractivity contribution in [3.8, 4) is 5.75 Å². The van der Waals surface area contributed by atoms with Crippen LogP contribution in [0.5, 0.6) is 5.75 Å². The van der Waals surface area contributed by atoms with Gasteiger partial charge in [-0.05, 0) is 53.3 Å². The molecule has 5 N–H and O–H groups in total. The average Bonchev–Trinajstić information content (AvgIpc) is 3.94. The van der Waals surface area contributed by atoms with Gasteiger partial charge in [0, 0.05) is 42.8 Å². The lowest BCUT2D eigenvalue weighted by Crippen LogP contribution is -2.36. The van der Waals surface area contributed by atoms with E-state index in [-0.39, 0.29) is 35.1 Å². The molecule has 21 nitrogen and oxygen atoms in total. The number of hydrogen-bond donors (Lipinski definition) is 4. The topological polar surface area (TPSA) is 273 Å². The summed E-state index contributed by atoms with van der Waals surface area (Å²) in [5, 5.41) is 2.77. The smallest absolute Gasteiger partial charge is 0.472 e. The van der Waals surface area contributed by atoms with Crippen molar-refractivity contribution in [1.82, 2.24) is 29.1 Å². The Balaban J connectivity index is 1.11. The van der Waals surface area contributed by atoms with Gasteiger partial charge in [0.1, 0.15) is 36.0 Å². The minimum atomic E-state index is -4.68. The Morgan fingerprint density at radius 2 is 1.75 bits per heavy atom. The summed E-state index contributed by atoms with van der Waals surface area (Å²) in [6.07, 6.45) is -8.35. The Morgan fingerprint density at radius 1 is 1.00 bits per heavy atom. The molecule has 26 heteroatoms. The van der Waals surface area contributed by atoms with Crippen LogP contribution in [0.3, 0.4) is 0 Å². The summed E-state index contributed by atoms with van der Waals surface area (Å²) in [5.41, 5.74) is 5.84. The molecular weight excluding hydrogens is 872 g/mol. The van der Waals surface area contributed by atoms with E-state index in [2.05, 4.69) is 24.8 Å². The lowest BCUT2D eigenvalue weighted by Gasteiger charge is -2.26. The van der Waals surface area contributed by atoms with Crippen LogP contribution in [-0.4, -0.2) is 98.0 Å². The number of fused-ring (bicyclic) bond motifs is 1. The first-order chi connectivity index (χ1) is 29.2. The number of carbonyl (C=O) groups is 1. The molecule has 7 rings (SSSR count). The van der Waals surface area contributed by atoms with Crippen molar-refractivity contribution in [2.45, 2.75) is 55.3 Å². The summed E-state index contributed by atoms with van der Waals surface area (Å²) >= 11 is 0.613. The minimum absolute atomic E-state index is 0.0718. The SMILES string of the molecule is COc1ccc(C(=O)Nc2ccc(CSP(=O)(OC[C@@H]3C[C@@H](F)[C@H](n4cnc5c(N)ncnc54)O3)O[C@H]3[C@@H](F)[C@H](n4ccc(=O)[nH]c4=O)O[C@@H]3COP(=O)(O)OC)cc2)cc1. The number of amides is 1. The number of aromatic amines is 1. The molecule has 5 aromatic rings. The van der Waals surface area contributed by atoms with Gasteiger partial charge < -0.3 is 30.2 Å². The molecule has 326 valence electrons. The zero-order chi connectivity index (χ0) is 43.5. The van der Waals surface area contributed by atoms with Crippen molar-refractivity contribution in [3.63, 3.8) is 0 Å². The van der Waals surface area contributed by atoms with Crippen molar-refractivity contribution in [2.75, 3.05) is 38.5 Å². The van der Waals surface area contributed by atoms with Gasteiger partial charge in [0.05, 0.1) is 32.8 Å². The maximum Gasteiger partial charge on any atom is 0.472 e. The fraction of sp³-hybridized carbons (Fsp3) is 0.371. The molecule has 2 saturated heterocycles. The molecule has 2 aromatic carbocycles. The summed E-state index contributed by atoms with van der Waals surface area (Å²) in [4.78, 5) is 61.3. The number of anilines is 2. The van der Waals surface area contributed by atoms with Crippen molar-refractivity contribution in [3.05, 3.63) is 105 Å². The second-order valence-corrected chi connectivity index (χ2v) is 19.0. The highest BCUT2D eigenvalue weighted by Crippen LogP contribution is 2.64. The van der Waals surface area contributed by atoms with Gasteiger partial charge >= 0.3 is 20.3 Å². The van der Waals surface area contributed by atoms with Crippen LogP contribution in [0.4, 0.5) is 20.3 Å². The molecule has 1 amide bonds. The second-order valence-electron chi connectivity index (χ2n) is 13.4. The number of carbonyl (C=O) groups excluding carboxylic acids is 1. The number of methoxy groups -OCH3 is 1. The third kappa shape index (κ3) is 10.3. The third-order valence-electron chi connectivity index (χ3n) is 9.44. The van der Waals surface area contributed by atoms with E-state index in [1.54, 1.807) is 48.5 Å². The van der Waals surface area contributed by atoms with E-state index in [1.165, 1.54) is 24.3 Å². The second kappa shape index (κ2) is 18.6. The number of ether oxygens (including phenoxy) is 3. The van der Waals surface area contributed by atoms with Crippen LogP contribution in [0.1, 0.15) is 34.8 Å². The molecule has 2 unspecified atom stereocenters. The van der Waals surface area contributed by atoms with E-state index >= 15 is 8.78 Å². The van der Waals surface area contributed by atoms with Gasteiger partial charge in [0.2, 0.25) is 0 Å². The zero-order valence-electron chi connectivity index (χ0n) is 32.0. The van der Waals surface area contributed by atoms with Crippen LogP contribution in [0.25, 0.3) is 11.2 Å². The fourth-order valence-electron chi connectivity index (χ4n) is 6.34. The number of nitrogens with one attached hydrogen (secondary N) is 2. The average molecular weight is 911 g/mol. The number of hydrogen-bond acceptors (Lipinski definition) is 17. The molecule has 0 saturated carbocycles. The summed E-state index contributed by atoms with van der Waals surface area (Å²) in [6.45, 7) is -6.00. The van der Waals surface area contributed by atoms with Crippen LogP contribution >= 0.6 is 26.0 Å². The van der Waals surface area contributed by atoms with Gasteiger partial charge in [0.15, 0.2) is 30.1 Å². The number of nitrogen functional groups attached to an aromatic ring is 1. The number of phosphoric ester groups is 1. The zero-order valence-corrected chi connectivity index (χ0v) is 34.6. The van der Waals surface area contributed by atoms with Crippen LogP contribution in [0.2, 0.25) is 0 Å². The molecule has 3 aromatic heterocycles. The minimum Gasteiger partial charge on any atom is -0.497 e. The highest BCUT2D eigenvalue weighted by Gasteiger charge is 2.52.